The molecule has 1 aromatic rings. The summed E-state index contributed by atoms with van der Waals surface area (Å²) >= 11 is 0. The summed E-state index contributed by atoms with van der Waals surface area (Å²) in [6.45, 7) is 2.52. The molecule has 6 heteroatoms. The molecule has 0 heterocycles. The van der Waals surface area contributed by atoms with Crippen LogP contribution >= 0.6 is 0 Å². The maximum Gasteiger partial charge on any atom is 0.339 e. The van der Waals surface area contributed by atoms with Gasteiger partial charge in [-0.1, -0.05) is 19.1 Å². The quantitative estimate of drug-likeness (QED) is 0.654. The van der Waals surface area contributed by atoms with Crippen molar-refractivity contribution in [3.63, 3.8) is 0 Å². The number of aliphatic hydroxyl groups excluding tert-OH is 2. The lowest BCUT2D eigenvalue weighted by molar-refractivity contribution is -0.0178. The second kappa shape index (κ2) is 7.19. The number of benzene rings is 1. The Morgan fingerprint density at radius 3 is 2.33 bits per heavy atom. The van der Waals surface area contributed by atoms with Crippen molar-refractivity contribution in [1.29, 1.82) is 0 Å². The lowest BCUT2D eigenvalue weighted by atomic mass is 9.88. The fourth-order valence-corrected chi connectivity index (χ4v) is 1.89. The highest BCUT2D eigenvalue weighted by atomic mass is 16.5. The molecule has 0 saturated carbocycles. The van der Waals surface area contributed by atoms with Crippen LogP contribution in [-0.4, -0.2) is 47.1 Å². The van der Waals surface area contributed by atoms with E-state index in [1.54, 1.807) is 26.0 Å². The molecular formula is C15H20O6. The number of ether oxygens (including phenoxy) is 1. The summed E-state index contributed by atoms with van der Waals surface area (Å²) in [5.41, 5.74) is -0.591. The summed E-state index contributed by atoms with van der Waals surface area (Å²) in [6, 6.07) is 4.55. The number of aromatic carboxylic acids is 1. The molecule has 21 heavy (non-hydrogen) atoms. The van der Waals surface area contributed by atoms with Crippen molar-refractivity contribution in [3.8, 4) is 0 Å². The van der Waals surface area contributed by atoms with E-state index in [9.17, 15) is 24.9 Å². The zero-order valence-electron chi connectivity index (χ0n) is 12.1. The zero-order chi connectivity index (χ0) is 16.0. The first-order valence-corrected chi connectivity index (χ1v) is 6.62. The minimum Gasteiger partial charge on any atom is -0.478 e. The molecule has 0 spiro atoms. The van der Waals surface area contributed by atoms with Crippen LogP contribution in [0.1, 0.15) is 39.6 Å². The third-order valence-corrected chi connectivity index (χ3v) is 3.64. The highest BCUT2D eigenvalue weighted by Crippen LogP contribution is 2.22. The second-order valence-electron chi connectivity index (χ2n) is 5.05. The Bertz CT molecular complexity index is 511. The first kappa shape index (κ1) is 17.1. The molecule has 0 amide bonds. The van der Waals surface area contributed by atoms with Gasteiger partial charge in [-0.05, 0) is 25.0 Å². The minimum atomic E-state index is -1.20. The van der Waals surface area contributed by atoms with Gasteiger partial charge in [0.1, 0.15) is 6.61 Å². The number of hydrogen-bond donors (Lipinski definition) is 3. The summed E-state index contributed by atoms with van der Waals surface area (Å²) in [4.78, 5) is 23.3. The van der Waals surface area contributed by atoms with Crippen LogP contribution in [0.25, 0.3) is 0 Å². The minimum absolute atomic E-state index is 0.0385. The number of hydrogen-bond acceptors (Lipinski definition) is 5. The molecule has 0 atom stereocenters. The van der Waals surface area contributed by atoms with Gasteiger partial charge in [0.05, 0.1) is 29.8 Å². The van der Waals surface area contributed by atoms with Crippen LogP contribution in [0, 0.1) is 12.3 Å². The summed E-state index contributed by atoms with van der Waals surface area (Å²) in [5, 5.41) is 27.8. The predicted molar refractivity (Wildman–Crippen MR) is 75.3 cm³/mol. The zero-order valence-corrected chi connectivity index (χ0v) is 12.1. The molecule has 1 rings (SSSR count). The van der Waals surface area contributed by atoms with E-state index in [-0.39, 0.29) is 30.9 Å². The maximum absolute atomic E-state index is 12.1. The number of aliphatic hydroxyl groups is 2. The summed E-state index contributed by atoms with van der Waals surface area (Å²) < 4.78 is 5.09. The van der Waals surface area contributed by atoms with Crippen LogP contribution in [0.3, 0.4) is 0 Å². The summed E-state index contributed by atoms with van der Waals surface area (Å²) in [5.74, 6) is -1.98. The summed E-state index contributed by atoms with van der Waals surface area (Å²) in [6.07, 6.45) is 0.423. The Morgan fingerprint density at radius 1 is 1.24 bits per heavy atom. The standard InChI is InChI=1S/C15H20O6/c1-3-15(7-16,8-17)9-21-14(20)11-6-4-5-10(2)12(11)13(18)19/h4-6,16-17H,3,7-9H2,1-2H3,(H,18,19). The van der Waals surface area contributed by atoms with Gasteiger partial charge >= 0.3 is 11.9 Å². The molecule has 0 fully saturated rings. The van der Waals surface area contributed by atoms with Gasteiger partial charge in [-0.3, -0.25) is 0 Å². The highest BCUT2D eigenvalue weighted by Gasteiger charge is 2.29. The fraction of sp³-hybridized carbons (Fsp3) is 0.467. The molecule has 6 nitrogen and oxygen atoms in total. The number of aryl methyl sites for hydroxylation is 1. The predicted octanol–water partition coefficient (Wildman–Crippen LogP) is 1.23. The van der Waals surface area contributed by atoms with Crippen LogP contribution in [0.15, 0.2) is 18.2 Å². The third-order valence-electron chi connectivity index (χ3n) is 3.64. The topological polar surface area (TPSA) is 104 Å². The number of rotatable bonds is 7. The van der Waals surface area contributed by atoms with E-state index >= 15 is 0 Å². The molecule has 3 N–H and O–H groups in total. The van der Waals surface area contributed by atoms with E-state index in [1.807, 2.05) is 0 Å². The van der Waals surface area contributed by atoms with Gasteiger partial charge in [0.2, 0.25) is 0 Å². The SMILES string of the molecule is CCC(CO)(CO)COC(=O)c1cccc(C)c1C(=O)O. The largest absolute Gasteiger partial charge is 0.478 e. The Balaban J connectivity index is 2.96. The summed E-state index contributed by atoms with van der Waals surface area (Å²) in [7, 11) is 0. The van der Waals surface area contributed by atoms with Crippen molar-refractivity contribution in [3.05, 3.63) is 34.9 Å². The lowest BCUT2D eigenvalue weighted by Crippen LogP contribution is -2.35. The Hall–Kier alpha value is -1.92. The Morgan fingerprint density at radius 2 is 1.86 bits per heavy atom. The van der Waals surface area contributed by atoms with Crippen molar-refractivity contribution in [2.75, 3.05) is 19.8 Å². The molecule has 0 bridgehead atoms. The van der Waals surface area contributed by atoms with E-state index in [2.05, 4.69) is 0 Å². The molecule has 0 saturated heterocycles. The molecule has 0 aromatic heterocycles. The molecule has 0 radical (unpaired) electrons. The van der Waals surface area contributed by atoms with Crippen molar-refractivity contribution in [2.24, 2.45) is 5.41 Å². The van der Waals surface area contributed by atoms with Crippen molar-refractivity contribution < 1.29 is 29.6 Å². The normalized spacial score (nSPS) is 11.2. The average Bonchev–Trinajstić information content (AvgIpc) is 2.48. The van der Waals surface area contributed by atoms with Crippen molar-refractivity contribution in [1.82, 2.24) is 0 Å². The van der Waals surface area contributed by atoms with Crippen molar-refractivity contribution in [2.45, 2.75) is 20.3 Å². The third kappa shape index (κ3) is 3.80. The van der Waals surface area contributed by atoms with Crippen LogP contribution in [0.4, 0.5) is 0 Å². The van der Waals surface area contributed by atoms with Crippen LogP contribution in [0.5, 0.6) is 0 Å². The fourth-order valence-electron chi connectivity index (χ4n) is 1.89. The van der Waals surface area contributed by atoms with E-state index < -0.39 is 17.4 Å². The Kier molecular flexibility index (Phi) is 5.87. The number of carboxylic acids is 1. The van der Waals surface area contributed by atoms with Gasteiger partial charge in [0.15, 0.2) is 0 Å². The van der Waals surface area contributed by atoms with Gasteiger partial charge in [0, 0.05) is 0 Å². The molecule has 0 aliphatic heterocycles. The van der Waals surface area contributed by atoms with Gasteiger partial charge in [0.25, 0.3) is 0 Å². The van der Waals surface area contributed by atoms with Crippen LogP contribution < -0.4 is 0 Å². The van der Waals surface area contributed by atoms with Gasteiger partial charge in [-0.15, -0.1) is 0 Å². The molecule has 0 aliphatic rings. The smallest absolute Gasteiger partial charge is 0.339 e. The number of carboxylic acid groups (broad SMARTS) is 1. The Labute approximate surface area is 123 Å². The first-order valence-electron chi connectivity index (χ1n) is 6.62. The van der Waals surface area contributed by atoms with Gasteiger partial charge in [-0.2, -0.15) is 0 Å². The average molecular weight is 296 g/mol. The van der Waals surface area contributed by atoms with E-state index in [0.717, 1.165) is 0 Å². The van der Waals surface area contributed by atoms with Crippen LogP contribution in [-0.2, 0) is 4.74 Å². The number of carbonyl (C=O) groups is 2. The molecular weight excluding hydrogens is 276 g/mol. The lowest BCUT2D eigenvalue weighted by Gasteiger charge is -2.27. The molecule has 0 aliphatic carbocycles. The van der Waals surface area contributed by atoms with Crippen molar-refractivity contribution >= 4 is 11.9 Å². The molecule has 116 valence electrons. The van der Waals surface area contributed by atoms with E-state index in [0.29, 0.717) is 12.0 Å². The highest BCUT2D eigenvalue weighted by molar-refractivity contribution is 6.03. The van der Waals surface area contributed by atoms with E-state index in [4.69, 9.17) is 4.74 Å². The van der Waals surface area contributed by atoms with E-state index in [1.165, 1.54) is 6.07 Å². The monoisotopic (exact) mass is 296 g/mol. The molecule has 0 unspecified atom stereocenters. The number of esters is 1. The van der Waals surface area contributed by atoms with Crippen LogP contribution in [0.2, 0.25) is 0 Å². The second-order valence-corrected chi connectivity index (χ2v) is 5.05. The van der Waals surface area contributed by atoms with Gasteiger partial charge in [-0.25, -0.2) is 9.59 Å². The first-order chi connectivity index (χ1) is 9.90. The molecule has 1 aromatic carbocycles. The maximum atomic E-state index is 12.1. The van der Waals surface area contributed by atoms with Gasteiger partial charge < -0.3 is 20.1 Å². The number of carbonyl (C=O) groups excluding carboxylic acids is 1.